The number of thioether (sulfide) groups is 1. The van der Waals surface area contributed by atoms with E-state index in [0.717, 1.165) is 33.6 Å². The summed E-state index contributed by atoms with van der Waals surface area (Å²) in [5, 5.41) is 14.3. The van der Waals surface area contributed by atoms with Crippen LogP contribution in [0.15, 0.2) is 53.0 Å². The van der Waals surface area contributed by atoms with E-state index in [-0.39, 0.29) is 17.8 Å². The largest absolute Gasteiger partial charge is 0.483 e. The number of anilines is 1. The predicted octanol–water partition coefficient (Wildman–Crippen LogP) is 6.13. The number of thiophene rings is 1. The highest BCUT2D eigenvalue weighted by molar-refractivity contribution is 7.99. The Morgan fingerprint density at radius 3 is 2.39 bits per heavy atom. The summed E-state index contributed by atoms with van der Waals surface area (Å²) in [6.07, 6.45) is -0.328. The Hall–Kier alpha value is -3.63. The molecule has 1 amide bonds. The number of carbonyl (C=O) groups is 2. The molecule has 0 aliphatic rings. The van der Waals surface area contributed by atoms with Gasteiger partial charge in [0, 0.05) is 18.0 Å². The summed E-state index contributed by atoms with van der Waals surface area (Å²) in [5.41, 5.74) is 5.32. The number of nitrogens with zero attached hydrogens (tertiary/aromatic N) is 3. The van der Waals surface area contributed by atoms with Crippen LogP contribution in [0.3, 0.4) is 0 Å². The maximum absolute atomic E-state index is 12.8. The van der Waals surface area contributed by atoms with E-state index in [0.29, 0.717) is 21.5 Å². The second-order valence-electron chi connectivity index (χ2n) is 9.03. The van der Waals surface area contributed by atoms with Crippen LogP contribution in [0.1, 0.15) is 45.9 Å². The lowest BCUT2D eigenvalue weighted by Gasteiger charge is -2.15. The molecule has 1 atom stereocenters. The third kappa shape index (κ3) is 6.25. The van der Waals surface area contributed by atoms with E-state index >= 15 is 0 Å². The molecule has 38 heavy (non-hydrogen) atoms. The van der Waals surface area contributed by atoms with Gasteiger partial charge in [0.1, 0.15) is 16.3 Å². The molecule has 198 valence electrons. The molecule has 0 saturated carbocycles. The van der Waals surface area contributed by atoms with E-state index in [1.807, 2.05) is 81.1 Å². The summed E-state index contributed by atoms with van der Waals surface area (Å²) in [4.78, 5) is 25.4. The third-order valence-electron chi connectivity index (χ3n) is 5.87. The summed E-state index contributed by atoms with van der Waals surface area (Å²) in [6, 6.07) is 13.9. The van der Waals surface area contributed by atoms with Crippen molar-refractivity contribution in [2.45, 2.75) is 39.0 Å². The Morgan fingerprint density at radius 1 is 1.05 bits per heavy atom. The number of aromatic nitrogens is 3. The van der Waals surface area contributed by atoms with Crippen LogP contribution in [-0.4, -0.2) is 39.5 Å². The van der Waals surface area contributed by atoms with Crippen LogP contribution in [-0.2, 0) is 16.6 Å². The van der Waals surface area contributed by atoms with Crippen molar-refractivity contribution in [3.8, 4) is 16.9 Å². The van der Waals surface area contributed by atoms with Crippen molar-refractivity contribution in [1.29, 1.82) is 0 Å². The van der Waals surface area contributed by atoms with Gasteiger partial charge >= 0.3 is 5.97 Å². The van der Waals surface area contributed by atoms with Crippen LogP contribution in [0.2, 0.25) is 0 Å². The van der Waals surface area contributed by atoms with Gasteiger partial charge in [0.25, 0.3) is 0 Å². The van der Waals surface area contributed by atoms with Gasteiger partial charge in [-0.15, -0.1) is 21.5 Å². The van der Waals surface area contributed by atoms with Crippen molar-refractivity contribution < 1.29 is 19.1 Å². The van der Waals surface area contributed by atoms with Gasteiger partial charge in [-0.3, -0.25) is 4.79 Å². The minimum atomic E-state index is -0.500. The molecule has 0 spiro atoms. The highest BCUT2D eigenvalue weighted by Crippen LogP contribution is 2.36. The summed E-state index contributed by atoms with van der Waals surface area (Å²) >= 11 is 2.55. The van der Waals surface area contributed by atoms with Crippen molar-refractivity contribution in [2.24, 2.45) is 7.05 Å². The van der Waals surface area contributed by atoms with Gasteiger partial charge in [0.2, 0.25) is 5.91 Å². The fraction of sp³-hybridized carbons (Fsp3) is 0.286. The number of ether oxygens (including phenoxy) is 2. The van der Waals surface area contributed by atoms with Gasteiger partial charge in [0.15, 0.2) is 17.1 Å². The molecule has 0 saturated heterocycles. The van der Waals surface area contributed by atoms with Gasteiger partial charge < -0.3 is 19.4 Å². The number of hydrogen-bond donors (Lipinski definition) is 1. The molecule has 8 nitrogen and oxygen atoms in total. The van der Waals surface area contributed by atoms with Crippen LogP contribution >= 0.6 is 23.1 Å². The lowest BCUT2D eigenvalue weighted by Crippen LogP contribution is -2.16. The Balaban J connectivity index is 1.43. The molecule has 2 heterocycles. The topological polar surface area (TPSA) is 95.3 Å². The quantitative estimate of drug-likeness (QED) is 0.198. The molecule has 0 bridgehead atoms. The maximum atomic E-state index is 12.8. The van der Waals surface area contributed by atoms with Gasteiger partial charge in [0.05, 0.1) is 12.9 Å². The summed E-state index contributed by atoms with van der Waals surface area (Å²) in [5.74, 6) is 0.758. The SMILES string of the molecule is COC(=O)c1c(-c2ccc(C)cc2)csc1NC(=O)CSc1nnc(C(C)Oc2cc(C)cc(C)c2)n1C. The molecule has 10 heteroatoms. The van der Waals surface area contributed by atoms with Crippen molar-refractivity contribution in [1.82, 2.24) is 14.8 Å². The number of nitrogens with one attached hydrogen (secondary N) is 1. The molecule has 4 aromatic rings. The molecule has 2 aromatic heterocycles. The standard InChI is InChI=1S/C28H30N4O4S2/c1-16-7-9-20(10-8-16)22-14-37-26(24(22)27(34)35-6)29-23(33)15-38-28-31-30-25(32(28)5)19(4)36-21-12-17(2)11-18(3)13-21/h7-14,19H,15H2,1-6H3,(H,29,33). The predicted molar refractivity (Wildman–Crippen MR) is 151 cm³/mol. The molecular formula is C28H30N4O4S2. The lowest BCUT2D eigenvalue weighted by molar-refractivity contribution is -0.113. The molecule has 1 unspecified atom stereocenters. The molecule has 4 rings (SSSR count). The third-order valence-corrected chi connectivity index (χ3v) is 7.78. The average molecular weight is 551 g/mol. The Kier molecular flexibility index (Phi) is 8.53. The van der Waals surface area contributed by atoms with E-state index < -0.39 is 5.97 Å². The maximum Gasteiger partial charge on any atom is 0.341 e. The van der Waals surface area contributed by atoms with Gasteiger partial charge in [-0.1, -0.05) is 47.7 Å². The number of rotatable bonds is 9. The van der Waals surface area contributed by atoms with Gasteiger partial charge in [-0.25, -0.2) is 4.79 Å². The highest BCUT2D eigenvalue weighted by atomic mass is 32.2. The first-order valence-electron chi connectivity index (χ1n) is 12.0. The minimum absolute atomic E-state index is 0.0939. The fourth-order valence-corrected chi connectivity index (χ4v) is 5.75. The molecule has 1 N–H and O–H groups in total. The smallest absolute Gasteiger partial charge is 0.341 e. The van der Waals surface area contributed by atoms with Crippen LogP contribution in [0.5, 0.6) is 5.75 Å². The normalized spacial score (nSPS) is 11.7. The van der Waals surface area contributed by atoms with E-state index in [2.05, 4.69) is 21.6 Å². The first-order chi connectivity index (χ1) is 18.2. The number of aryl methyl sites for hydroxylation is 3. The molecule has 0 radical (unpaired) electrons. The van der Waals surface area contributed by atoms with Crippen LogP contribution in [0, 0.1) is 20.8 Å². The Morgan fingerprint density at radius 2 is 1.74 bits per heavy atom. The van der Waals surface area contributed by atoms with E-state index in [4.69, 9.17) is 9.47 Å². The Bertz CT molecular complexity index is 1440. The number of benzene rings is 2. The number of carbonyl (C=O) groups excluding carboxylic acids is 2. The number of hydrogen-bond acceptors (Lipinski definition) is 8. The number of methoxy groups -OCH3 is 1. The summed E-state index contributed by atoms with van der Waals surface area (Å²) in [7, 11) is 3.18. The summed E-state index contributed by atoms with van der Waals surface area (Å²) < 4.78 is 12.9. The molecule has 0 aliphatic heterocycles. The number of esters is 1. The monoisotopic (exact) mass is 550 g/mol. The minimum Gasteiger partial charge on any atom is -0.483 e. The van der Waals surface area contributed by atoms with Crippen molar-refractivity contribution in [3.05, 3.63) is 75.9 Å². The fourth-order valence-electron chi connectivity index (χ4n) is 4.06. The van der Waals surface area contributed by atoms with Gasteiger partial charge in [-0.05, 0) is 56.5 Å². The van der Waals surface area contributed by atoms with Crippen molar-refractivity contribution >= 4 is 40.0 Å². The van der Waals surface area contributed by atoms with Crippen LogP contribution < -0.4 is 10.1 Å². The second kappa shape index (κ2) is 11.8. The van der Waals surface area contributed by atoms with E-state index in [1.165, 1.54) is 30.2 Å². The second-order valence-corrected chi connectivity index (χ2v) is 10.9. The Labute approximate surface area is 230 Å². The van der Waals surface area contributed by atoms with Crippen LogP contribution in [0.4, 0.5) is 5.00 Å². The van der Waals surface area contributed by atoms with E-state index in [9.17, 15) is 9.59 Å². The number of amides is 1. The van der Waals surface area contributed by atoms with Gasteiger partial charge in [-0.2, -0.15) is 0 Å². The zero-order chi connectivity index (χ0) is 27.4. The average Bonchev–Trinajstić information content (AvgIpc) is 3.45. The first kappa shape index (κ1) is 27.4. The lowest BCUT2D eigenvalue weighted by atomic mass is 10.0. The molecule has 0 fully saturated rings. The van der Waals surface area contributed by atoms with Crippen LogP contribution in [0.25, 0.3) is 11.1 Å². The first-order valence-corrected chi connectivity index (χ1v) is 13.9. The zero-order valence-corrected chi connectivity index (χ0v) is 23.8. The van der Waals surface area contributed by atoms with E-state index in [1.54, 1.807) is 0 Å². The zero-order valence-electron chi connectivity index (χ0n) is 22.2. The highest BCUT2D eigenvalue weighted by Gasteiger charge is 2.23. The van der Waals surface area contributed by atoms with Crippen molar-refractivity contribution in [3.63, 3.8) is 0 Å². The molecule has 2 aromatic carbocycles. The molecular weight excluding hydrogens is 520 g/mol. The molecule has 0 aliphatic carbocycles. The summed E-state index contributed by atoms with van der Waals surface area (Å²) in [6.45, 7) is 7.97. The van der Waals surface area contributed by atoms with Crippen molar-refractivity contribution in [2.75, 3.05) is 18.2 Å².